The fourth-order valence-electron chi connectivity index (χ4n) is 2.52. The molecular weight excluding hydrogens is 254 g/mol. The second-order valence-corrected chi connectivity index (χ2v) is 5.44. The fraction of sp³-hybridized carbons (Fsp3) is 0.600. The Kier molecular flexibility index (Phi) is 5.49. The third-order valence-corrected chi connectivity index (χ3v) is 3.75. The number of hydrogen-bond acceptors (Lipinski definition) is 4. The number of nitrogens with zero attached hydrogens (tertiary/aromatic N) is 2. The number of aliphatic hydroxyl groups is 1. The van der Waals surface area contributed by atoms with Gasteiger partial charge in [0, 0.05) is 31.5 Å². The van der Waals surface area contributed by atoms with Crippen molar-refractivity contribution >= 4 is 5.91 Å². The van der Waals surface area contributed by atoms with Crippen LogP contribution in [-0.2, 0) is 11.2 Å². The molecule has 2 rings (SSSR count). The molecule has 2 atom stereocenters. The Morgan fingerprint density at radius 2 is 2.40 bits per heavy atom. The van der Waals surface area contributed by atoms with Crippen LogP contribution in [-0.4, -0.2) is 53.7 Å². The standard InChI is InChI=1S/C15H23N3O2/c1-18-10-7-14(19)13(11-18)15(20)17-9-4-6-12-5-2-3-8-16-12/h2-3,5,8,13-14,19H,4,6-7,9-11H2,1H3,(H,17,20)/t13-,14-/m1/s1. The maximum Gasteiger partial charge on any atom is 0.227 e. The molecule has 1 aliphatic heterocycles. The van der Waals surface area contributed by atoms with Gasteiger partial charge < -0.3 is 15.3 Å². The molecule has 2 heterocycles. The van der Waals surface area contributed by atoms with Gasteiger partial charge in [0.25, 0.3) is 0 Å². The van der Waals surface area contributed by atoms with Crippen LogP contribution in [0.25, 0.3) is 0 Å². The number of hydrogen-bond donors (Lipinski definition) is 2. The van der Waals surface area contributed by atoms with Gasteiger partial charge in [-0.05, 0) is 38.4 Å². The predicted molar refractivity (Wildman–Crippen MR) is 77.2 cm³/mol. The lowest BCUT2D eigenvalue weighted by molar-refractivity contribution is -0.131. The van der Waals surface area contributed by atoms with Crippen molar-refractivity contribution in [3.63, 3.8) is 0 Å². The summed E-state index contributed by atoms with van der Waals surface area (Å²) in [5, 5.41) is 12.8. The summed E-state index contributed by atoms with van der Waals surface area (Å²) in [6.45, 7) is 2.11. The number of aromatic nitrogens is 1. The van der Waals surface area contributed by atoms with Crippen LogP contribution in [0, 0.1) is 5.92 Å². The smallest absolute Gasteiger partial charge is 0.227 e. The van der Waals surface area contributed by atoms with Crippen molar-refractivity contribution in [1.29, 1.82) is 0 Å². The third-order valence-electron chi connectivity index (χ3n) is 3.75. The van der Waals surface area contributed by atoms with E-state index in [0.29, 0.717) is 19.5 Å². The second-order valence-electron chi connectivity index (χ2n) is 5.44. The molecule has 0 radical (unpaired) electrons. The Bertz CT molecular complexity index is 424. The molecule has 20 heavy (non-hydrogen) atoms. The Morgan fingerprint density at radius 3 is 3.15 bits per heavy atom. The van der Waals surface area contributed by atoms with Gasteiger partial charge in [0.2, 0.25) is 5.91 Å². The summed E-state index contributed by atoms with van der Waals surface area (Å²) in [5.41, 5.74) is 1.04. The van der Waals surface area contributed by atoms with E-state index < -0.39 is 6.10 Å². The molecule has 0 aromatic carbocycles. The average Bonchev–Trinajstić information content (AvgIpc) is 2.47. The van der Waals surface area contributed by atoms with E-state index in [2.05, 4.69) is 15.2 Å². The molecule has 110 valence electrons. The van der Waals surface area contributed by atoms with E-state index >= 15 is 0 Å². The first kappa shape index (κ1) is 14.9. The van der Waals surface area contributed by atoms with Crippen molar-refractivity contribution in [1.82, 2.24) is 15.2 Å². The number of rotatable bonds is 5. The number of aryl methyl sites for hydroxylation is 1. The first-order valence-corrected chi connectivity index (χ1v) is 7.21. The van der Waals surface area contributed by atoms with Gasteiger partial charge in [-0.25, -0.2) is 0 Å². The van der Waals surface area contributed by atoms with Crippen molar-refractivity contribution in [3.8, 4) is 0 Å². The Balaban J connectivity index is 1.69. The van der Waals surface area contributed by atoms with Gasteiger partial charge in [0.1, 0.15) is 0 Å². The topological polar surface area (TPSA) is 65.5 Å². The lowest BCUT2D eigenvalue weighted by Gasteiger charge is -2.32. The van der Waals surface area contributed by atoms with E-state index in [-0.39, 0.29) is 11.8 Å². The average molecular weight is 277 g/mol. The number of amides is 1. The van der Waals surface area contributed by atoms with Crippen molar-refractivity contribution < 1.29 is 9.90 Å². The zero-order valence-corrected chi connectivity index (χ0v) is 12.0. The molecule has 1 amide bonds. The Hall–Kier alpha value is -1.46. The molecule has 1 aromatic rings. The lowest BCUT2D eigenvalue weighted by atomic mass is 9.94. The summed E-state index contributed by atoms with van der Waals surface area (Å²) >= 11 is 0. The highest BCUT2D eigenvalue weighted by Gasteiger charge is 2.31. The quantitative estimate of drug-likeness (QED) is 0.767. The summed E-state index contributed by atoms with van der Waals surface area (Å²) in [6.07, 6.45) is 3.65. The van der Waals surface area contributed by atoms with Gasteiger partial charge in [0.15, 0.2) is 0 Å². The molecule has 1 aromatic heterocycles. The first-order valence-electron chi connectivity index (χ1n) is 7.21. The number of pyridine rings is 1. The van der Waals surface area contributed by atoms with Gasteiger partial charge in [-0.1, -0.05) is 6.07 Å². The van der Waals surface area contributed by atoms with Gasteiger partial charge in [0.05, 0.1) is 12.0 Å². The molecule has 5 heteroatoms. The maximum absolute atomic E-state index is 12.1. The van der Waals surface area contributed by atoms with Crippen LogP contribution in [0.2, 0.25) is 0 Å². The van der Waals surface area contributed by atoms with Gasteiger partial charge in [-0.3, -0.25) is 9.78 Å². The van der Waals surface area contributed by atoms with Crippen LogP contribution < -0.4 is 5.32 Å². The van der Waals surface area contributed by atoms with E-state index in [4.69, 9.17) is 0 Å². The minimum absolute atomic E-state index is 0.0370. The van der Waals surface area contributed by atoms with Crippen molar-refractivity contribution in [2.45, 2.75) is 25.4 Å². The Labute approximate surface area is 120 Å². The van der Waals surface area contributed by atoms with Gasteiger partial charge >= 0.3 is 0 Å². The zero-order chi connectivity index (χ0) is 14.4. The van der Waals surface area contributed by atoms with E-state index in [1.165, 1.54) is 0 Å². The summed E-state index contributed by atoms with van der Waals surface area (Å²) < 4.78 is 0. The third kappa shape index (κ3) is 4.28. The number of carbonyl (C=O) groups excluding carboxylic acids is 1. The summed E-state index contributed by atoms with van der Waals surface area (Å²) in [4.78, 5) is 18.4. The van der Waals surface area contributed by atoms with E-state index in [0.717, 1.165) is 25.1 Å². The van der Waals surface area contributed by atoms with Crippen LogP contribution in [0.4, 0.5) is 0 Å². The van der Waals surface area contributed by atoms with Crippen LogP contribution in [0.3, 0.4) is 0 Å². The molecule has 1 saturated heterocycles. The van der Waals surface area contributed by atoms with Crippen molar-refractivity contribution in [2.24, 2.45) is 5.92 Å². The van der Waals surface area contributed by atoms with Crippen LogP contribution in [0.15, 0.2) is 24.4 Å². The van der Waals surface area contributed by atoms with Gasteiger partial charge in [-0.15, -0.1) is 0 Å². The zero-order valence-electron chi connectivity index (χ0n) is 12.0. The number of nitrogens with one attached hydrogen (secondary N) is 1. The maximum atomic E-state index is 12.1. The number of likely N-dealkylation sites (tertiary alicyclic amines) is 1. The molecule has 0 saturated carbocycles. The lowest BCUT2D eigenvalue weighted by Crippen LogP contribution is -2.48. The summed E-state index contributed by atoms with van der Waals surface area (Å²) in [6, 6.07) is 5.85. The molecule has 0 aliphatic carbocycles. The molecule has 1 aliphatic rings. The minimum Gasteiger partial charge on any atom is -0.392 e. The highest BCUT2D eigenvalue weighted by molar-refractivity contribution is 5.79. The fourth-order valence-corrected chi connectivity index (χ4v) is 2.52. The minimum atomic E-state index is -0.512. The van der Waals surface area contributed by atoms with E-state index in [1.54, 1.807) is 6.20 Å². The Morgan fingerprint density at radius 1 is 1.55 bits per heavy atom. The number of aliphatic hydroxyl groups excluding tert-OH is 1. The largest absolute Gasteiger partial charge is 0.392 e. The van der Waals surface area contributed by atoms with Crippen LogP contribution in [0.5, 0.6) is 0 Å². The molecule has 2 N–H and O–H groups in total. The SMILES string of the molecule is CN1CC[C@@H](O)[C@H](C(=O)NCCCc2ccccn2)C1. The number of carbonyl (C=O) groups is 1. The van der Waals surface area contributed by atoms with Gasteiger partial charge in [-0.2, -0.15) is 0 Å². The molecular formula is C15H23N3O2. The molecule has 0 spiro atoms. The van der Waals surface area contributed by atoms with Crippen molar-refractivity contribution in [2.75, 3.05) is 26.7 Å². The predicted octanol–water partition coefficient (Wildman–Crippen LogP) is 0.443. The summed E-state index contributed by atoms with van der Waals surface area (Å²) in [5.74, 6) is -0.339. The normalized spacial score (nSPS) is 23.5. The van der Waals surface area contributed by atoms with E-state index in [1.807, 2.05) is 25.2 Å². The highest BCUT2D eigenvalue weighted by atomic mass is 16.3. The number of piperidine rings is 1. The second kappa shape index (κ2) is 7.36. The molecule has 0 unspecified atom stereocenters. The first-order chi connectivity index (χ1) is 9.66. The molecule has 1 fully saturated rings. The summed E-state index contributed by atoms with van der Waals surface area (Å²) in [7, 11) is 1.98. The molecule has 0 bridgehead atoms. The van der Waals surface area contributed by atoms with Crippen LogP contribution in [0.1, 0.15) is 18.5 Å². The van der Waals surface area contributed by atoms with Crippen LogP contribution >= 0.6 is 0 Å². The monoisotopic (exact) mass is 277 g/mol. The highest BCUT2D eigenvalue weighted by Crippen LogP contribution is 2.16. The van der Waals surface area contributed by atoms with Crippen molar-refractivity contribution in [3.05, 3.63) is 30.1 Å². The molecule has 5 nitrogen and oxygen atoms in total. The van der Waals surface area contributed by atoms with E-state index in [9.17, 15) is 9.90 Å².